The molecule has 4 rings (SSSR count). The SMILES string of the molecule is Cc1ccc(-c2csc(NC(=O)CSc3n[nH]c([C@H](NC(=O)c4cccc([N+](=O)[O-])c4)C(C)C)n3)n2)cc1. The summed E-state index contributed by atoms with van der Waals surface area (Å²) in [4.78, 5) is 44.6. The number of hydrogen-bond acceptors (Lipinski definition) is 9. The van der Waals surface area contributed by atoms with Gasteiger partial charge in [0.05, 0.1) is 22.4 Å². The number of rotatable bonds is 10. The lowest BCUT2D eigenvalue weighted by Crippen LogP contribution is -2.32. The molecular weight excluding hydrogens is 526 g/mol. The fourth-order valence-electron chi connectivity index (χ4n) is 3.47. The van der Waals surface area contributed by atoms with Gasteiger partial charge in [-0.05, 0) is 18.9 Å². The normalized spacial score (nSPS) is 11.8. The smallest absolute Gasteiger partial charge is 0.270 e. The number of anilines is 1. The van der Waals surface area contributed by atoms with Gasteiger partial charge in [0, 0.05) is 28.6 Å². The summed E-state index contributed by atoms with van der Waals surface area (Å²) in [5, 5.41) is 26.4. The van der Waals surface area contributed by atoms with E-state index in [1.54, 1.807) is 0 Å². The molecule has 196 valence electrons. The Morgan fingerprint density at radius 1 is 1.16 bits per heavy atom. The predicted molar refractivity (Wildman–Crippen MR) is 146 cm³/mol. The number of aromatic nitrogens is 4. The first-order chi connectivity index (χ1) is 18.2. The predicted octanol–water partition coefficient (Wildman–Crippen LogP) is 5.00. The molecule has 0 bridgehead atoms. The summed E-state index contributed by atoms with van der Waals surface area (Å²) in [5.74, 6) is -0.275. The summed E-state index contributed by atoms with van der Waals surface area (Å²) in [6, 6.07) is 13.0. The van der Waals surface area contributed by atoms with Crippen molar-refractivity contribution in [2.45, 2.75) is 32.0 Å². The van der Waals surface area contributed by atoms with Crippen molar-refractivity contribution in [3.63, 3.8) is 0 Å². The Balaban J connectivity index is 1.34. The fraction of sp³-hybridized carbons (Fsp3) is 0.240. The minimum Gasteiger partial charge on any atom is -0.342 e. The maximum atomic E-state index is 12.8. The van der Waals surface area contributed by atoms with Crippen LogP contribution in [-0.2, 0) is 4.79 Å². The molecule has 2 aromatic heterocycles. The van der Waals surface area contributed by atoms with Gasteiger partial charge in [-0.1, -0.05) is 61.5 Å². The Morgan fingerprint density at radius 2 is 1.92 bits per heavy atom. The van der Waals surface area contributed by atoms with E-state index in [-0.39, 0.29) is 28.8 Å². The maximum absolute atomic E-state index is 12.8. The number of thioether (sulfide) groups is 1. The van der Waals surface area contributed by atoms with Gasteiger partial charge in [-0.2, -0.15) is 0 Å². The van der Waals surface area contributed by atoms with Gasteiger partial charge in [0.15, 0.2) is 5.13 Å². The zero-order valence-corrected chi connectivity index (χ0v) is 22.4. The van der Waals surface area contributed by atoms with Crippen LogP contribution in [0.25, 0.3) is 11.3 Å². The van der Waals surface area contributed by atoms with E-state index in [0.717, 1.165) is 28.6 Å². The molecule has 0 aliphatic heterocycles. The van der Waals surface area contributed by atoms with Crippen molar-refractivity contribution in [1.29, 1.82) is 0 Å². The van der Waals surface area contributed by atoms with Gasteiger partial charge in [0.25, 0.3) is 11.6 Å². The third-order valence-electron chi connectivity index (χ3n) is 5.48. The Bertz CT molecular complexity index is 1450. The number of amides is 2. The highest BCUT2D eigenvalue weighted by Gasteiger charge is 2.24. The minimum absolute atomic E-state index is 0.0561. The van der Waals surface area contributed by atoms with Crippen molar-refractivity contribution in [1.82, 2.24) is 25.5 Å². The number of nitro benzene ring substituents is 1. The van der Waals surface area contributed by atoms with E-state index in [4.69, 9.17) is 0 Å². The first kappa shape index (κ1) is 26.9. The summed E-state index contributed by atoms with van der Waals surface area (Å²) in [6.45, 7) is 5.82. The molecule has 0 fully saturated rings. The Morgan fingerprint density at radius 3 is 2.63 bits per heavy atom. The van der Waals surface area contributed by atoms with E-state index in [9.17, 15) is 19.7 Å². The summed E-state index contributed by atoms with van der Waals surface area (Å²) in [5.41, 5.74) is 2.94. The van der Waals surface area contributed by atoms with Crippen LogP contribution >= 0.6 is 23.1 Å². The van der Waals surface area contributed by atoms with Gasteiger partial charge in [-0.15, -0.1) is 16.4 Å². The number of benzene rings is 2. The first-order valence-electron chi connectivity index (χ1n) is 11.6. The van der Waals surface area contributed by atoms with Gasteiger partial charge in [0.2, 0.25) is 11.1 Å². The molecule has 11 nitrogen and oxygen atoms in total. The van der Waals surface area contributed by atoms with Crippen molar-refractivity contribution in [2.75, 3.05) is 11.1 Å². The minimum atomic E-state index is -0.551. The molecule has 2 aromatic carbocycles. The average molecular weight is 552 g/mol. The van der Waals surface area contributed by atoms with E-state index in [1.807, 2.05) is 50.4 Å². The van der Waals surface area contributed by atoms with Crippen LogP contribution in [0, 0.1) is 23.0 Å². The molecule has 38 heavy (non-hydrogen) atoms. The number of carbonyl (C=O) groups is 2. The molecule has 1 atom stereocenters. The molecule has 0 saturated heterocycles. The van der Waals surface area contributed by atoms with Crippen molar-refractivity contribution in [2.24, 2.45) is 5.92 Å². The average Bonchev–Trinajstić information content (AvgIpc) is 3.56. The van der Waals surface area contributed by atoms with Gasteiger partial charge in [-0.3, -0.25) is 24.8 Å². The van der Waals surface area contributed by atoms with Gasteiger partial charge < -0.3 is 10.6 Å². The van der Waals surface area contributed by atoms with Crippen LogP contribution in [0.3, 0.4) is 0 Å². The third-order valence-corrected chi connectivity index (χ3v) is 7.08. The summed E-state index contributed by atoms with van der Waals surface area (Å²) < 4.78 is 0. The van der Waals surface area contributed by atoms with E-state index in [0.29, 0.717) is 16.1 Å². The second kappa shape index (κ2) is 12.0. The second-order valence-corrected chi connectivity index (χ2v) is 10.5. The van der Waals surface area contributed by atoms with Crippen molar-refractivity contribution >= 4 is 45.7 Å². The van der Waals surface area contributed by atoms with Crippen LogP contribution in [-0.4, -0.2) is 42.7 Å². The van der Waals surface area contributed by atoms with E-state index in [2.05, 4.69) is 30.8 Å². The number of carbonyl (C=O) groups excluding carboxylic acids is 2. The van der Waals surface area contributed by atoms with Crippen LogP contribution in [0.5, 0.6) is 0 Å². The molecule has 13 heteroatoms. The molecule has 0 saturated carbocycles. The number of hydrogen-bond donors (Lipinski definition) is 3. The standard InChI is InChI=1S/C25H25N7O4S2/c1-14(2)21(28-23(34)17-5-4-6-18(11-17)32(35)36)22-29-25(31-30-22)38-13-20(33)27-24-26-19(12-37-24)16-9-7-15(3)8-10-16/h4-12,14,21H,13H2,1-3H3,(H,28,34)(H,26,27,33)(H,29,30,31)/t21-/m1/s1. The number of aromatic amines is 1. The van der Waals surface area contributed by atoms with Crippen LogP contribution in [0.1, 0.15) is 41.6 Å². The number of nitro groups is 1. The lowest BCUT2D eigenvalue weighted by molar-refractivity contribution is -0.384. The molecule has 0 aliphatic rings. The zero-order valence-electron chi connectivity index (χ0n) is 20.8. The number of nitrogens with zero attached hydrogens (tertiary/aromatic N) is 4. The lowest BCUT2D eigenvalue weighted by atomic mass is 10.0. The third kappa shape index (κ3) is 6.81. The zero-order chi connectivity index (χ0) is 27.2. The highest BCUT2D eigenvalue weighted by molar-refractivity contribution is 7.99. The molecular formula is C25H25N7O4S2. The van der Waals surface area contributed by atoms with Gasteiger partial charge >= 0.3 is 0 Å². The molecule has 2 amide bonds. The molecule has 2 heterocycles. The maximum Gasteiger partial charge on any atom is 0.270 e. The summed E-state index contributed by atoms with van der Waals surface area (Å²) in [6.07, 6.45) is 0. The highest BCUT2D eigenvalue weighted by atomic mass is 32.2. The molecule has 0 unspecified atom stereocenters. The molecule has 4 aromatic rings. The molecule has 0 spiro atoms. The fourth-order valence-corrected chi connectivity index (χ4v) is 4.81. The summed E-state index contributed by atoms with van der Waals surface area (Å²) >= 11 is 2.50. The quantitative estimate of drug-likeness (QED) is 0.141. The van der Waals surface area contributed by atoms with E-state index in [1.165, 1.54) is 35.6 Å². The topological polar surface area (TPSA) is 156 Å². The van der Waals surface area contributed by atoms with Crippen molar-refractivity contribution < 1.29 is 14.5 Å². The Kier molecular flexibility index (Phi) is 8.48. The summed E-state index contributed by atoms with van der Waals surface area (Å²) in [7, 11) is 0. The Labute approximate surface area is 226 Å². The van der Waals surface area contributed by atoms with Crippen LogP contribution in [0.2, 0.25) is 0 Å². The highest BCUT2D eigenvalue weighted by Crippen LogP contribution is 2.26. The van der Waals surface area contributed by atoms with E-state index >= 15 is 0 Å². The largest absolute Gasteiger partial charge is 0.342 e. The van der Waals surface area contributed by atoms with Crippen LogP contribution in [0.15, 0.2) is 59.1 Å². The number of H-pyrrole nitrogens is 1. The monoisotopic (exact) mass is 551 g/mol. The van der Waals surface area contributed by atoms with Gasteiger partial charge in [0.1, 0.15) is 5.82 Å². The molecule has 0 radical (unpaired) electrons. The Hall–Kier alpha value is -4.10. The van der Waals surface area contributed by atoms with E-state index < -0.39 is 16.9 Å². The molecule has 3 N–H and O–H groups in total. The number of thiazole rings is 1. The van der Waals surface area contributed by atoms with Crippen molar-refractivity contribution in [3.05, 3.63) is 81.0 Å². The molecule has 0 aliphatic carbocycles. The van der Waals surface area contributed by atoms with Crippen molar-refractivity contribution in [3.8, 4) is 11.3 Å². The number of nitrogens with one attached hydrogen (secondary N) is 3. The number of non-ortho nitro benzene ring substituents is 1. The van der Waals surface area contributed by atoms with Gasteiger partial charge in [-0.25, -0.2) is 9.97 Å². The lowest BCUT2D eigenvalue weighted by Gasteiger charge is -2.19. The van der Waals surface area contributed by atoms with Crippen LogP contribution < -0.4 is 10.6 Å². The first-order valence-corrected chi connectivity index (χ1v) is 13.5. The second-order valence-electron chi connectivity index (χ2n) is 8.75. The number of aryl methyl sites for hydroxylation is 1. The van der Waals surface area contributed by atoms with Crippen LogP contribution in [0.4, 0.5) is 10.8 Å².